The molecule has 28 heavy (non-hydrogen) atoms. The summed E-state index contributed by atoms with van der Waals surface area (Å²) in [5.74, 6) is 0.838. The molecule has 3 unspecified atom stereocenters. The monoisotopic (exact) mass is 386 g/mol. The molecule has 0 amide bonds. The first kappa shape index (κ1) is 19.1. The van der Waals surface area contributed by atoms with Crippen LogP contribution in [0.1, 0.15) is 56.7 Å². The maximum absolute atomic E-state index is 12.4. The van der Waals surface area contributed by atoms with E-state index < -0.39 is 6.10 Å². The van der Waals surface area contributed by atoms with Crippen LogP contribution in [0.15, 0.2) is 29.5 Å². The van der Waals surface area contributed by atoms with Gasteiger partial charge in [-0.25, -0.2) is 9.67 Å². The first-order chi connectivity index (χ1) is 13.7. The van der Waals surface area contributed by atoms with Crippen LogP contribution in [-0.2, 0) is 6.54 Å². The summed E-state index contributed by atoms with van der Waals surface area (Å²) in [4.78, 5) is 21.9. The molecule has 2 aromatic heterocycles. The molecule has 0 radical (unpaired) electrons. The van der Waals surface area contributed by atoms with Gasteiger partial charge in [0.1, 0.15) is 5.82 Å². The molecular weight excluding hydrogens is 356 g/mol. The predicted molar refractivity (Wildman–Crippen MR) is 107 cm³/mol. The smallest absolute Gasteiger partial charge is 0.267 e. The molecule has 1 aliphatic carbocycles. The summed E-state index contributed by atoms with van der Waals surface area (Å²) in [6.45, 7) is 2.55. The van der Waals surface area contributed by atoms with Crippen LogP contribution in [0, 0.1) is 0 Å². The largest absolute Gasteiger partial charge is 0.391 e. The summed E-state index contributed by atoms with van der Waals surface area (Å²) < 4.78 is 1.53. The van der Waals surface area contributed by atoms with Crippen LogP contribution in [-0.4, -0.2) is 50.1 Å². The van der Waals surface area contributed by atoms with Gasteiger partial charge in [-0.1, -0.05) is 12.8 Å². The number of aliphatic hydroxyl groups excluding tert-OH is 1. The number of piperidine rings is 1. The second kappa shape index (κ2) is 8.87. The summed E-state index contributed by atoms with van der Waals surface area (Å²) in [5.41, 5.74) is 0.945. The highest BCUT2D eigenvalue weighted by atomic mass is 16.3. The van der Waals surface area contributed by atoms with Crippen LogP contribution in [0.5, 0.6) is 0 Å². The molecule has 3 atom stereocenters. The van der Waals surface area contributed by atoms with E-state index in [0.717, 1.165) is 69.7 Å². The lowest BCUT2D eigenvalue weighted by molar-refractivity contribution is 0.0669. The Morgan fingerprint density at radius 3 is 2.86 bits per heavy atom. The average molecular weight is 387 g/mol. The molecule has 1 saturated carbocycles. The van der Waals surface area contributed by atoms with Gasteiger partial charge in [-0.3, -0.25) is 4.79 Å². The maximum atomic E-state index is 12.4. The molecule has 152 valence electrons. The predicted octanol–water partition coefficient (Wildman–Crippen LogP) is 1.59. The molecule has 4 rings (SSSR count). The van der Waals surface area contributed by atoms with Gasteiger partial charge in [-0.2, -0.15) is 5.10 Å². The van der Waals surface area contributed by atoms with Crippen LogP contribution in [0.3, 0.4) is 0 Å². The Morgan fingerprint density at radius 2 is 2.04 bits per heavy atom. The number of hydrogen-bond donors (Lipinski definition) is 3. The van der Waals surface area contributed by atoms with Gasteiger partial charge in [0, 0.05) is 43.6 Å². The molecule has 2 aromatic rings. The van der Waals surface area contributed by atoms with Gasteiger partial charge in [0.15, 0.2) is 0 Å². The van der Waals surface area contributed by atoms with Crippen molar-refractivity contribution in [3.8, 4) is 0 Å². The maximum Gasteiger partial charge on any atom is 0.267 e. The van der Waals surface area contributed by atoms with E-state index in [0.29, 0.717) is 6.04 Å². The van der Waals surface area contributed by atoms with E-state index in [1.807, 2.05) is 12.3 Å². The Hall–Kier alpha value is -2.19. The molecule has 1 saturated heterocycles. The van der Waals surface area contributed by atoms with E-state index in [-0.39, 0.29) is 11.6 Å². The summed E-state index contributed by atoms with van der Waals surface area (Å²) in [6, 6.07) is 3.57. The van der Waals surface area contributed by atoms with E-state index in [4.69, 9.17) is 5.10 Å². The second-order valence-corrected chi connectivity index (χ2v) is 7.94. The number of rotatable bonds is 6. The molecule has 2 fully saturated rings. The molecule has 0 aromatic carbocycles. The standard InChI is InChI=1S/C20H30N6O2/c27-18-7-2-1-6-17(18)26-20(28)9-8-19(24-26)25-10-4-3-5-16(25)13-21-11-15-12-22-14-23-15/h8-9,12,14,16-18,21,27H,1-7,10-11,13H2,(H,22,23). The van der Waals surface area contributed by atoms with Gasteiger partial charge >= 0.3 is 0 Å². The van der Waals surface area contributed by atoms with Crippen molar-refractivity contribution in [3.63, 3.8) is 0 Å². The molecule has 3 heterocycles. The normalized spacial score (nSPS) is 25.8. The van der Waals surface area contributed by atoms with E-state index in [1.54, 1.807) is 12.4 Å². The number of hydrogen-bond acceptors (Lipinski definition) is 6. The van der Waals surface area contributed by atoms with Crippen LogP contribution >= 0.6 is 0 Å². The van der Waals surface area contributed by atoms with Gasteiger partial charge in [-0.05, 0) is 38.2 Å². The van der Waals surface area contributed by atoms with Crippen molar-refractivity contribution in [1.29, 1.82) is 0 Å². The van der Waals surface area contributed by atoms with Crippen molar-refractivity contribution < 1.29 is 5.11 Å². The average Bonchev–Trinajstić information content (AvgIpc) is 3.23. The number of anilines is 1. The Morgan fingerprint density at radius 1 is 1.18 bits per heavy atom. The summed E-state index contributed by atoms with van der Waals surface area (Å²) in [6.07, 6.45) is 10.1. The third kappa shape index (κ3) is 4.28. The highest BCUT2D eigenvalue weighted by Crippen LogP contribution is 2.28. The molecular formula is C20H30N6O2. The van der Waals surface area contributed by atoms with Crippen LogP contribution in [0.2, 0.25) is 0 Å². The minimum absolute atomic E-state index is 0.124. The molecule has 0 spiro atoms. The zero-order chi connectivity index (χ0) is 19.3. The van der Waals surface area contributed by atoms with Gasteiger partial charge in [0.25, 0.3) is 5.56 Å². The zero-order valence-electron chi connectivity index (χ0n) is 16.3. The number of aromatic amines is 1. The van der Waals surface area contributed by atoms with E-state index in [2.05, 4.69) is 20.2 Å². The topological polar surface area (TPSA) is 99.1 Å². The molecule has 3 N–H and O–H groups in total. The minimum atomic E-state index is -0.484. The van der Waals surface area contributed by atoms with Crippen molar-refractivity contribution in [2.45, 2.75) is 69.7 Å². The molecule has 2 aliphatic rings. The number of H-pyrrole nitrogens is 1. The third-order valence-electron chi connectivity index (χ3n) is 5.99. The van der Waals surface area contributed by atoms with Crippen LogP contribution < -0.4 is 15.8 Å². The van der Waals surface area contributed by atoms with E-state index in [9.17, 15) is 9.90 Å². The number of nitrogens with one attached hydrogen (secondary N) is 2. The quantitative estimate of drug-likeness (QED) is 0.697. The minimum Gasteiger partial charge on any atom is -0.391 e. The second-order valence-electron chi connectivity index (χ2n) is 7.94. The highest BCUT2D eigenvalue weighted by Gasteiger charge is 2.28. The fraction of sp³-hybridized carbons (Fsp3) is 0.650. The van der Waals surface area contributed by atoms with Crippen LogP contribution in [0.25, 0.3) is 0 Å². The highest BCUT2D eigenvalue weighted by molar-refractivity contribution is 5.39. The Bertz CT molecular complexity index is 805. The van der Waals surface area contributed by atoms with Crippen LogP contribution in [0.4, 0.5) is 5.82 Å². The SMILES string of the molecule is O=c1ccc(N2CCCCC2CNCc2cnc[nH]2)nn1C1CCCCC1O. The van der Waals surface area contributed by atoms with E-state index >= 15 is 0 Å². The third-order valence-corrected chi connectivity index (χ3v) is 5.99. The van der Waals surface area contributed by atoms with Crippen molar-refractivity contribution in [2.75, 3.05) is 18.0 Å². The fourth-order valence-electron chi connectivity index (χ4n) is 4.45. The lowest BCUT2D eigenvalue weighted by Crippen LogP contribution is -2.47. The number of aromatic nitrogens is 4. The molecule has 8 nitrogen and oxygen atoms in total. The Kier molecular flexibility index (Phi) is 6.07. The lowest BCUT2D eigenvalue weighted by atomic mass is 9.93. The van der Waals surface area contributed by atoms with Gasteiger partial charge < -0.3 is 20.3 Å². The van der Waals surface area contributed by atoms with Gasteiger partial charge in [-0.15, -0.1) is 0 Å². The molecule has 1 aliphatic heterocycles. The van der Waals surface area contributed by atoms with Crippen molar-refractivity contribution in [1.82, 2.24) is 25.1 Å². The number of aliphatic hydroxyl groups is 1. The van der Waals surface area contributed by atoms with Gasteiger partial charge in [0.05, 0.1) is 18.5 Å². The first-order valence-corrected chi connectivity index (χ1v) is 10.4. The number of imidazole rings is 1. The number of nitrogens with zero attached hydrogens (tertiary/aromatic N) is 4. The van der Waals surface area contributed by atoms with E-state index in [1.165, 1.54) is 11.1 Å². The first-order valence-electron chi connectivity index (χ1n) is 10.4. The molecule has 8 heteroatoms. The molecule has 0 bridgehead atoms. The van der Waals surface area contributed by atoms with Gasteiger partial charge in [0.2, 0.25) is 0 Å². The Labute approximate surface area is 165 Å². The summed E-state index contributed by atoms with van der Waals surface area (Å²) >= 11 is 0. The van der Waals surface area contributed by atoms with Crippen molar-refractivity contribution in [3.05, 3.63) is 40.7 Å². The Balaban J connectivity index is 1.49. The van der Waals surface area contributed by atoms with Crippen molar-refractivity contribution in [2.24, 2.45) is 0 Å². The lowest BCUT2D eigenvalue weighted by Gasteiger charge is -2.37. The zero-order valence-corrected chi connectivity index (χ0v) is 16.3. The fourth-order valence-corrected chi connectivity index (χ4v) is 4.45. The summed E-state index contributed by atoms with van der Waals surface area (Å²) in [7, 11) is 0. The van der Waals surface area contributed by atoms with Crippen molar-refractivity contribution >= 4 is 5.82 Å². The summed E-state index contributed by atoms with van der Waals surface area (Å²) in [5, 5.41) is 18.6.